The summed E-state index contributed by atoms with van der Waals surface area (Å²) >= 11 is 0. The smallest absolute Gasteiger partial charge is 0.224 e. The number of hydrogen-bond acceptors (Lipinski definition) is 5. The second-order valence-corrected chi connectivity index (χ2v) is 6.42. The minimum atomic E-state index is 0.561. The van der Waals surface area contributed by atoms with Gasteiger partial charge in [0.15, 0.2) is 0 Å². The lowest BCUT2D eigenvalue weighted by molar-refractivity contribution is 0.306. The molecule has 1 heterocycles. The second-order valence-electron chi connectivity index (χ2n) is 6.42. The summed E-state index contributed by atoms with van der Waals surface area (Å²) in [6, 6.07) is 20.0. The molecule has 5 heteroatoms. The van der Waals surface area contributed by atoms with Crippen LogP contribution in [-0.2, 0) is 6.61 Å². The van der Waals surface area contributed by atoms with Gasteiger partial charge in [-0.2, -0.15) is 4.98 Å². The Morgan fingerprint density at radius 3 is 2.48 bits per heavy atom. The maximum absolute atomic E-state index is 5.83. The van der Waals surface area contributed by atoms with Crippen molar-refractivity contribution in [2.75, 3.05) is 17.2 Å². The number of unbranched alkanes of at least 4 members (excludes halogenated alkanes) is 1. The molecule has 1 aromatic heterocycles. The topological polar surface area (TPSA) is 59.1 Å². The lowest BCUT2D eigenvalue weighted by atomic mass is 10.2. The van der Waals surface area contributed by atoms with E-state index in [1.807, 2.05) is 55.5 Å². The molecule has 0 atom stereocenters. The van der Waals surface area contributed by atoms with E-state index in [1.54, 1.807) is 0 Å². The maximum Gasteiger partial charge on any atom is 0.224 e. The van der Waals surface area contributed by atoms with Gasteiger partial charge in [0.25, 0.3) is 0 Å². The van der Waals surface area contributed by atoms with Crippen LogP contribution in [0.25, 0.3) is 0 Å². The first kappa shape index (κ1) is 18.7. The average Bonchev–Trinajstić information content (AvgIpc) is 2.68. The summed E-state index contributed by atoms with van der Waals surface area (Å²) in [6.07, 6.45) is 2.24. The molecule has 140 valence electrons. The number of nitrogens with one attached hydrogen (secondary N) is 2. The summed E-state index contributed by atoms with van der Waals surface area (Å²) in [5.74, 6) is 2.28. The van der Waals surface area contributed by atoms with E-state index in [0.29, 0.717) is 12.6 Å². The molecule has 0 amide bonds. The Morgan fingerprint density at radius 1 is 0.963 bits per heavy atom. The van der Waals surface area contributed by atoms with Crippen LogP contribution in [0.1, 0.15) is 31.0 Å². The summed E-state index contributed by atoms with van der Waals surface area (Å²) in [6.45, 7) is 5.58. The van der Waals surface area contributed by atoms with E-state index in [2.05, 4.69) is 39.7 Å². The predicted octanol–water partition coefficient (Wildman–Crippen LogP) is 5.32. The number of rotatable bonds is 9. The van der Waals surface area contributed by atoms with Crippen molar-refractivity contribution in [1.82, 2.24) is 9.97 Å². The standard InChI is InChI=1S/C22H26N4O/c1-3-4-14-23-22-24-17(2)15-21(26-22)25-19-10-12-20(13-11-19)27-16-18-8-6-5-7-9-18/h5-13,15H,3-4,14,16H2,1-2H3,(H2,23,24,25,26). The number of ether oxygens (including phenoxy) is 1. The zero-order valence-corrected chi connectivity index (χ0v) is 15.9. The van der Waals surface area contributed by atoms with Gasteiger partial charge in [0.2, 0.25) is 5.95 Å². The first-order valence-corrected chi connectivity index (χ1v) is 9.36. The minimum Gasteiger partial charge on any atom is -0.489 e. The van der Waals surface area contributed by atoms with E-state index >= 15 is 0 Å². The fraction of sp³-hybridized carbons (Fsp3) is 0.273. The molecule has 0 saturated carbocycles. The SMILES string of the molecule is CCCCNc1nc(C)cc(Nc2ccc(OCc3ccccc3)cc2)n1. The fourth-order valence-corrected chi connectivity index (χ4v) is 2.61. The minimum absolute atomic E-state index is 0.561. The molecular weight excluding hydrogens is 336 g/mol. The molecule has 0 spiro atoms. The quantitative estimate of drug-likeness (QED) is 0.505. The molecule has 0 saturated heterocycles. The molecule has 0 unspecified atom stereocenters. The van der Waals surface area contributed by atoms with Gasteiger partial charge < -0.3 is 15.4 Å². The third-order valence-corrected chi connectivity index (χ3v) is 4.04. The zero-order valence-electron chi connectivity index (χ0n) is 15.9. The van der Waals surface area contributed by atoms with E-state index in [1.165, 1.54) is 0 Å². The van der Waals surface area contributed by atoms with Crippen LogP contribution in [-0.4, -0.2) is 16.5 Å². The van der Waals surface area contributed by atoms with Gasteiger partial charge in [0.1, 0.15) is 18.2 Å². The van der Waals surface area contributed by atoms with Gasteiger partial charge >= 0.3 is 0 Å². The summed E-state index contributed by atoms with van der Waals surface area (Å²) in [4.78, 5) is 8.97. The molecule has 0 fully saturated rings. The van der Waals surface area contributed by atoms with Crippen molar-refractivity contribution in [1.29, 1.82) is 0 Å². The Balaban J connectivity index is 1.59. The molecule has 27 heavy (non-hydrogen) atoms. The first-order chi connectivity index (χ1) is 13.2. The third kappa shape index (κ3) is 5.99. The summed E-state index contributed by atoms with van der Waals surface area (Å²) < 4.78 is 5.83. The van der Waals surface area contributed by atoms with Crippen molar-refractivity contribution in [2.24, 2.45) is 0 Å². The highest BCUT2D eigenvalue weighted by molar-refractivity contribution is 5.58. The molecule has 0 bridgehead atoms. The van der Waals surface area contributed by atoms with Crippen molar-refractivity contribution in [3.63, 3.8) is 0 Å². The summed E-state index contributed by atoms with van der Waals surface area (Å²) in [7, 11) is 0. The lowest BCUT2D eigenvalue weighted by Crippen LogP contribution is -2.07. The number of nitrogens with zero attached hydrogens (tertiary/aromatic N) is 2. The van der Waals surface area contributed by atoms with Crippen LogP contribution in [0.3, 0.4) is 0 Å². The number of aromatic nitrogens is 2. The van der Waals surface area contributed by atoms with Crippen LogP contribution >= 0.6 is 0 Å². The third-order valence-electron chi connectivity index (χ3n) is 4.04. The van der Waals surface area contributed by atoms with Gasteiger partial charge in [-0.25, -0.2) is 4.98 Å². The molecule has 0 aliphatic heterocycles. The Kier molecular flexibility index (Phi) is 6.63. The van der Waals surface area contributed by atoms with Crippen molar-refractivity contribution in [2.45, 2.75) is 33.3 Å². The van der Waals surface area contributed by atoms with Crippen LogP contribution in [0.5, 0.6) is 5.75 Å². The van der Waals surface area contributed by atoms with Crippen molar-refractivity contribution in [3.8, 4) is 5.75 Å². The van der Waals surface area contributed by atoms with Gasteiger partial charge in [-0.05, 0) is 43.2 Å². The van der Waals surface area contributed by atoms with Crippen LogP contribution in [0.4, 0.5) is 17.5 Å². The molecule has 3 rings (SSSR count). The Labute approximate surface area is 160 Å². The highest BCUT2D eigenvalue weighted by Crippen LogP contribution is 2.21. The molecule has 2 N–H and O–H groups in total. The maximum atomic E-state index is 5.83. The van der Waals surface area contributed by atoms with E-state index in [0.717, 1.165) is 47.9 Å². The van der Waals surface area contributed by atoms with Gasteiger partial charge in [-0.15, -0.1) is 0 Å². The molecular formula is C22H26N4O. The van der Waals surface area contributed by atoms with E-state index < -0.39 is 0 Å². The second kappa shape index (κ2) is 9.57. The van der Waals surface area contributed by atoms with E-state index in [-0.39, 0.29) is 0 Å². The lowest BCUT2D eigenvalue weighted by Gasteiger charge is -2.11. The van der Waals surface area contributed by atoms with E-state index in [9.17, 15) is 0 Å². The number of benzene rings is 2. The monoisotopic (exact) mass is 362 g/mol. The van der Waals surface area contributed by atoms with Gasteiger partial charge in [0.05, 0.1) is 0 Å². The van der Waals surface area contributed by atoms with E-state index in [4.69, 9.17) is 4.74 Å². The number of hydrogen-bond donors (Lipinski definition) is 2. The Bertz CT molecular complexity index is 835. The molecule has 2 aromatic carbocycles. The molecule has 3 aromatic rings. The van der Waals surface area contributed by atoms with Crippen LogP contribution in [0, 0.1) is 6.92 Å². The van der Waals surface area contributed by atoms with Gasteiger partial charge in [-0.3, -0.25) is 0 Å². The highest BCUT2D eigenvalue weighted by Gasteiger charge is 2.03. The first-order valence-electron chi connectivity index (χ1n) is 9.36. The summed E-state index contributed by atoms with van der Waals surface area (Å²) in [5.41, 5.74) is 3.04. The number of anilines is 3. The molecule has 0 radical (unpaired) electrons. The van der Waals surface area contributed by atoms with Crippen LogP contribution in [0.2, 0.25) is 0 Å². The van der Waals surface area contributed by atoms with Crippen molar-refractivity contribution >= 4 is 17.5 Å². The number of aryl methyl sites for hydroxylation is 1. The van der Waals surface area contributed by atoms with Crippen LogP contribution < -0.4 is 15.4 Å². The molecule has 0 aliphatic carbocycles. The molecule has 5 nitrogen and oxygen atoms in total. The predicted molar refractivity (Wildman–Crippen MR) is 111 cm³/mol. The highest BCUT2D eigenvalue weighted by atomic mass is 16.5. The summed E-state index contributed by atoms with van der Waals surface area (Å²) in [5, 5.41) is 6.60. The zero-order chi connectivity index (χ0) is 18.9. The van der Waals surface area contributed by atoms with Crippen molar-refractivity contribution < 1.29 is 4.74 Å². The Morgan fingerprint density at radius 2 is 1.74 bits per heavy atom. The van der Waals surface area contributed by atoms with Gasteiger partial charge in [-0.1, -0.05) is 43.7 Å². The van der Waals surface area contributed by atoms with Crippen molar-refractivity contribution in [3.05, 3.63) is 71.9 Å². The van der Waals surface area contributed by atoms with Gasteiger partial charge in [0, 0.05) is 24.0 Å². The normalized spacial score (nSPS) is 10.4. The average molecular weight is 362 g/mol. The van der Waals surface area contributed by atoms with Crippen LogP contribution in [0.15, 0.2) is 60.7 Å². The fourth-order valence-electron chi connectivity index (χ4n) is 2.61. The largest absolute Gasteiger partial charge is 0.489 e. The molecule has 0 aliphatic rings. The Hall–Kier alpha value is -3.08.